The second kappa shape index (κ2) is 13.6. The standard InChI is InChI=1S/C17H32O2/c1-3-4-5-6-7-8-9-10-11-12-13-16(2)14-15-17(18)19/h2-15H2,1H3,(H,18,19). The molecule has 0 aromatic carbocycles. The van der Waals surface area contributed by atoms with E-state index in [4.69, 9.17) is 5.11 Å². The number of hydrogen-bond acceptors (Lipinski definition) is 1. The summed E-state index contributed by atoms with van der Waals surface area (Å²) in [5, 5.41) is 8.57. The van der Waals surface area contributed by atoms with E-state index in [2.05, 4.69) is 13.5 Å². The van der Waals surface area contributed by atoms with Gasteiger partial charge in [0.25, 0.3) is 0 Å². The molecule has 0 aliphatic rings. The van der Waals surface area contributed by atoms with Gasteiger partial charge in [0.05, 0.1) is 0 Å². The summed E-state index contributed by atoms with van der Waals surface area (Å²) in [5.74, 6) is -0.718. The lowest BCUT2D eigenvalue weighted by molar-refractivity contribution is -0.136. The fourth-order valence-corrected chi connectivity index (χ4v) is 2.27. The Kier molecular flexibility index (Phi) is 13.1. The average Bonchev–Trinajstić information content (AvgIpc) is 2.38. The molecule has 0 aliphatic carbocycles. The summed E-state index contributed by atoms with van der Waals surface area (Å²) in [5.41, 5.74) is 1.10. The third-order valence-corrected chi connectivity index (χ3v) is 3.58. The van der Waals surface area contributed by atoms with Crippen molar-refractivity contribution in [1.82, 2.24) is 0 Å². The minimum absolute atomic E-state index is 0.233. The third kappa shape index (κ3) is 15.2. The van der Waals surface area contributed by atoms with Crippen LogP contribution in [0.1, 0.15) is 90.4 Å². The van der Waals surface area contributed by atoms with Gasteiger partial charge in [0.2, 0.25) is 0 Å². The molecule has 0 aliphatic heterocycles. The number of carboxylic acids is 1. The fourth-order valence-electron chi connectivity index (χ4n) is 2.27. The first kappa shape index (κ1) is 18.2. The normalized spacial score (nSPS) is 10.6. The van der Waals surface area contributed by atoms with E-state index in [1.807, 2.05) is 0 Å². The maximum Gasteiger partial charge on any atom is 0.303 e. The van der Waals surface area contributed by atoms with Crippen molar-refractivity contribution in [2.75, 3.05) is 0 Å². The molecule has 0 saturated heterocycles. The SMILES string of the molecule is C=C(CCCCCCCCCCCC)CCC(=O)O. The first-order chi connectivity index (χ1) is 9.16. The molecule has 0 spiro atoms. The Morgan fingerprint density at radius 3 is 1.74 bits per heavy atom. The molecule has 112 valence electrons. The molecule has 0 radical (unpaired) electrons. The van der Waals surface area contributed by atoms with Crippen molar-refractivity contribution in [3.05, 3.63) is 12.2 Å². The highest BCUT2D eigenvalue weighted by Gasteiger charge is 2.00. The number of hydrogen-bond donors (Lipinski definition) is 1. The van der Waals surface area contributed by atoms with E-state index in [9.17, 15) is 4.79 Å². The van der Waals surface area contributed by atoms with Gasteiger partial charge in [-0.15, -0.1) is 0 Å². The van der Waals surface area contributed by atoms with E-state index in [1.165, 1.54) is 64.2 Å². The van der Waals surface area contributed by atoms with Crippen molar-refractivity contribution in [2.45, 2.75) is 90.4 Å². The lowest BCUT2D eigenvalue weighted by atomic mass is 10.0. The molecule has 0 aromatic heterocycles. The Morgan fingerprint density at radius 1 is 0.789 bits per heavy atom. The van der Waals surface area contributed by atoms with E-state index < -0.39 is 5.97 Å². The zero-order chi connectivity index (χ0) is 14.3. The second-order valence-electron chi connectivity index (χ2n) is 5.58. The van der Waals surface area contributed by atoms with Crippen LogP contribution in [0.15, 0.2) is 12.2 Å². The number of carbonyl (C=O) groups is 1. The molecule has 19 heavy (non-hydrogen) atoms. The lowest BCUT2D eigenvalue weighted by Gasteiger charge is -2.04. The van der Waals surface area contributed by atoms with E-state index >= 15 is 0 Å². The first-order valence-electron chi connectivity index (χ1n) is 8.05. The van der Waals surface area contributed by atoms with Gasteiger partial charge in [0.1, 0.15) is 0 Å². The highest BCUT2D eigenvalue weighted by molar-refractivity contribution is 5.66. The van der Waals surface area contributed by atoms with Crippen molar-refractivity contribution in [3.8, 4) is 0 Å². The van der Waals surface area contributed by atoms with Gasteiger partial charge >= 0.3 is 5.97 Å². The van der Waals surface area contributed by atoms with Gasteiger partial charge in [0, 0.05) is 6.42 Å². The average molecular weight is 268 g/mol. The van der Waals surface area contributed by atoms with Gasteiger partial charge < -0.3 is 5.11 Å². The summed E-state index contributed by atoms with van der Waals surface area (Å²) in [6.45, 7) is 6.19. The summed E-state index contributed by atoms with van der Waals surface area (Å²) < 4.78 is 0. The summed E-state index contributed by atoms with van der Waals surface area (Å²) in [6, 6.07) is 0. The van der Waals surface area contributed by atoms with Gasteiger partial charge in [0.15, 0.2) is 0 Å². The number of carboxylic acid groups (broad SMARTS) is 1. The molecule has 0 unspecified atom stereocenters. The first-order valence-corrected chi connectivity index (χ1v) is 8.05. The molecule has 0 aromatic rings. The maximum atomic E-state index is 10.4. The third-order valence-electron chi connectivity index (χ3n) is 3.58. The highest BCUT2D eigenvalue weighted by Crippen LogP contribution is 2.15. The zero-order valence-corrected chi connectivity index (χ0v) is 12.8. The monoisotopic (exact) mass is 268 g/mol. The number of rotatable bonds is 14. The van der Waals surface area contributed by atoms with Crippen LogP contribution in [-0.2, 0) is 4.79 Å². The summed E-state index contributed by atoms with van der Waals surface area (Å²) in [7, 11) is 0. The largest absolute Gasteiger partial charge is 0.481 e. The maximum absolute atomic E-state index is 10.4. The molecule has 0 bridgehead atoms. The van der Waals surface area contributed by atoms with Gasteiger partial charge in [-0.3, -0.25) is 4.79 Å². The van der Waals surface area contributed by atoms with Crippen molar-refractivity contribution in [1.29, 1.82) is 0 Å². The van der Waals surface area contributed by atoms with E-state index in [-0.39, 0.29) is 6.42 Å². The summed E-state index contributed by atoms with van der Waals surface area (Å²) >= 11 is 0. The summed E-state index contributed by atoms with van der Waals surface area (Å²) in [6.07, 6.45) is 15.3. The minimum atomic E-state index is -0.718. The molecular weight excluding hydrogens is 236 g/mol. The van der Waals surface area contributed by atoms with Crippen molar-refractivity contribution in [3.63, 3.8) is 0 Å². The van der Waals surface area contributed by atoms with Gasteiger partial charge in [-0.25, -0.2) is 0 Å². The molecule has 0 rings (SSSR count). The molecular formula is C17H32O2. The van der Waals surface area contributed by atoms with Gasteiger partial charge in [-0.2, -0.15) is 0 Å². The van der Waals surface area contributed by atoms with Crippen LogP contribution >= 0.6 is 0 Å². The Bertz CT molecular complexity index is 233. The number of unbranched alkanes of at least 4 members (excludes halogenated alkanes) is 9. The zero-order valence-electron chi connectivity index (χ0n) is 12.8. The molecule has 0 atom stereocenters. The Labute approximate surface area is 119 Å². The van der Waals surface area contributed by atoms with Crippen LogP contribution in [0.25, 0.3) is 0 Å². The van der Waals surface area contributed by atoms with Crippen LogP contribution in [-0.4, -0.2) is 11.1 Å². The van der Waals surface area contributed by atoms with E-state index in [0.717, 1.165) is 12.0 Å². The Hall–Kier alpha value is -0.790. The lowest BCUT2D eigenvalue weighted by Crippen LogP contribution is -1.95. The molecule has 0 fully saturated rings. The van der Waals surface area contributed by atoms with Gasteiger partial charge in [-0.1, -0.05) is 76.9 Å². The van der Waals surface area contributed by atoms with Crippen LogP contribution < -0.4 is 0 Å². The quantitative estimate of drug-likeness (QED) is 0.323. The van der Waals surface area contributed by atoms with Crippen molar-refractivity contribution >= 4 is 5.97 Å². The minimum Gasteiger partial charge on any atom is -0.481 e. The predicted octanol–water partition coefficient (Wildman–Crippen LogP) is 5.72. The number of allylic oxidation sites excluding steroid dienone is 1. The molecule has 0 heterocycles. The fraction of sp³-hybridized carbons (Fsp3) is 0.824. The highest BCUT2D eigenvalue weighted by atomic mass is 16.4. The molecule has 0 amide bonds. The molecule has 2 heteroatoms. The number of aliphatic carboxylic acids is 1. The van der Waals surface area contributed by atoms with Crippen LogP contribution in [0.3, 0.4) is 0 Å². The Balaban J connectivity index is 3.13. The molecule has 1 N–H and O–H groups in total. The topological polar surface area (TPSA) is 37.3 Å². The van der Waals surface area contributed by atoms with Crippen LogP contribution in [0.4, 0.5) is 0 Å². The van der Waals surface area contributed by atoms with Crippen molar-refractivity contribution < 1.29 is 9.90 Å². The van der Waals surface area contributed by atoms with Crippen LogP contribution in [0, 0.1) is 0 Å². The smallest absolute Gasteiger partial charge is 0.303 e. The van der Waals surface area contributed by atoms with Crippen LogP contribution in [0.2, 0.25) is 0 Å². The Morgan fingerprint density at radius 2 is 1.26 bits per heavy atom. The summed E-state index contributed by atoms with van der Waals surface area (Å²) in [4.78, 5) is 10.4. The second-order valence-corrected chi connectivity index (χ2v) is 5.58. The van der Waals surface area contributed by atoms with Crippen LogP contribution in [0.5, 0.6) is 0 Å². The van der Waals surface area contributed by atoms with Crippen molar-refractivity contribution in [2.24, 2.45) is 0 Å². The predicted molar refractivity (Wildman–Crippen MR) is 82.5 cm³/mol. The van der Waals surface area contributed by atoms with Gasteiger partial charge in [-0.05, 0) is 19.3 Å². The van der Waals surface area contributed by atoms with E-state index in [0.29, 0.717) is 6.42 Å². The van der Waals surface area contributed by atoms with E-state index in [1.54, 1.807) is 0 Å². The molecule has 0 saturated carbocycles. The molecule has 2 nitrogen and oxygen atoms in total.